The van der Waals surface area contributed by atoms with Crippen LogP contribution in [-0.4, -0.2) is 23.5 Å². The second-order valence-electron chi connectivity index (χ2n) is 1.86. The van der Waals surface area contributed by atoms with Gasteiger partial charge >= 0.3 is 0 Å². The van der Waals surface area contributed by atoms with Gasteiger partial charge in [-0.1, -0.05) is 6.08 Å². The van der Waals surface area contributed by atoms with E-state index in [2.05, 4.69) is 4.74 Å². The summed E-state index contributed by atoms with van der Waals surface area (Å²) in [4.78, 5) is 21.5. The van der Waals surface area contributed by atoms with Gasteiger partial charge in [-0.3, -0.25) is 9.59 Å². The first-order valence-electron chi connectivity index (χ1n) is 2.96. The fourth-order valence-electron chi connectivity index (χ4n) is 0.679. The van der Waals surface area contributed by atoms with Gasteiger partial charge in [-0.25, -0.2) is 0 Å². The van der Waals surface area contributed by atoms with Gasteiger partial charge in [0.2, 0.25) is 5.78 Å². The molecule has 0 amide bonds. The predicted octanol–water partition coefficient (Wildman–Crippen LogP) is -0.455. The van der Waals surface area contributed by atoms with Crippen LogP contribution in [0.3, 0.4) is 0 Å². The van der Waals surface area contributed by atoms with Crippen molar-refractivity contribution in [3.05, 3.63) is 24.0 Å². The van der Waals surface area contributed by atoms with Crippen LogP contribution < -0.4 is 0 Å². The second-order valence-corrected chi connectivity index (χ2v) is 1.86. The van der Waals surface area contributed by atoms with Gasteiger partial charge in [0.05, 0.1) is 0 Å². The second kappa shape index (κ2) is 3.12. The van der Waals surface area contributed by atoms with Crippen molar-refractivity contribution in [1.82, 2.24) is 0 Å². The van der Waals surface area contributed by atoms with Crippen LogP contribution in [0.1, 0.15) is 0 Å². The quantitative estimate of drug-likeness (QED) is 0.332. The van der Waals surface area contributed by atoms with Crippen molar-refractivity contribution in [3.63, 3.8) is 0 Å². The van der Waals surface area contributed by atoms with Crippen molar-refractivity contribution in [2.45, 2.75) is 0 Å². The minimum Gasteiger partial charge on any atom is -0.463 e. The van der Waals surface area contributed by atoms with Crippen molar-refractivity contribution in [1.29, 1.82) is 0 Å². The van der Waals surface area contributed by atoms with Crippen molar-refractivity contribution in [2.75, 3.05) is 6.79 Å². The lowest BCUT2D eigenvalue weighted by molar-refractivity contribution is -0.134. The number of hydrogen-bond acceptors (Lipinski definition) is 4. The molecule has 4 nitrogen and oxygen atoms in total. The molecule has 4 heteroatoms. The summed E-state index contributed by atoms with van der Waals surface area (Å²) >= 11 is 0. The molecule has 0 saturated carbocycles. The molecule has 0 atom stereocenters. The molecule has 0 unspecified atom stereocenters. The summed E-state index contributed by atoms with van der Waals surface area (Å²) in [6, 6.07) is 0. The Labute approximate surface area is 62.8 Å². The number of ether oxygens (including phenoxy) is 1. The number of hydrogen-bond donors (Lipinski definition) is 1. The Morgan fingerprint density at radius 2 is 2.18 bits per heavy atom. The fourth-order valence-corrected chi connectivity index (χ4v) is 0.679. The zero-order valence-electron chi connectivity index (χ0n) is 5.61. The monoisotopic (exact) mass is 154 g/mol. The Bertz CT molecular complexity index is 249. The third kappa shape index (κ3) is 1.53. The molecular formula is C7H6O4. The van der Waals surface area contributed by atoms with E-state index in [0.29, 0.717) is 0 Å². The predicted molar refractivity (Wildman–Crippen MR) is 35.4 cm³/mol. The minimum absolute atomic E-state index is 0.111. The molecule has 0 bridgehead atoms. The number of aliphatic hydroxyl groups excluding tert-OH is 1. The van der Waals surface area contributed by atoms with Crippen LogP contribution in [-0.2, 0) is 14.3 Å². The molecule has 0 spiro atoms. The Balaban J connectivity index is 2.78. The van der Waals surface area contributed by atoms with Gasteiger partial charge in [0.25, 0.3) is 5.78 Å². The van der Waals surface area contributed by atoms with Crippen LogP contribution >= 0.6 is 0 Å². The lowest BCUT2D eigenvalue weighted by Gasteiger charge is -2.05. The Morgan fingerprint density at radius 1 is 1.45 bits per heavy atom. The zero-order valence-corrected chi connectivity index (χ0v) is 5.61. The number of ketones is 2. The molecule has 0 radical (unpaired) electrons. The molecule has 1 rings (SSSR count). The highest BCUT2D eigenvalue weighted by Crippen LogP contribution is 2.05. The summed E-state index contributed by atoms with van der Waals surface area (Å²) in [5.74, 6) is -1.46. The SMILES string of the molecule is O=C1C=CC=C(OCO)C1=O. The lowest BCUT2D eigenvalue weighted by Crippen LogP contribution is -2.18. The van der Waals surface area contributed by atoms with E-state index in [-0.39, 0.29) is 5.76 Å². The molecule has 11 heavy (non-hydrogen) atoms. The summed E-state index contributed by atoms with van der Waals surface area (Å²) in [5, 5.41) is 8.27. The van der Waals surface area contributed by atoms with E-state index in [1.807, 2.05) is 0 Å². The maximum absolute atomic E-state index is 10.8. The molecule has 0 fully saturated rings. The standard InChI is InChI=1S/C7H6O4/c8-4-11-6-3-1-2-5(9)7(6)10/h1-3,8H,4H2. The Morgan fingerprint density at radius 3 is 2.82 bits per heavy atom. The van der Waals surface area contributed by atoms with Crippen LogP contribution in [0.4, 0.5) is 0 Å². The molecule has 0 heterocycles. The average molecular weight is 154 g/mol. The van der Waals surface area contributed by atoms with Crippen molar-refractivity contribution < 1.29 is 19.4 Å². The van der Waals surface area contributed by atoms with Crippen LogP contribution in [0.25, 0.3) is 0 Å². The summed E-state index contributed by atoms with van der Waals surface area (Å²) in [6.07, 6.45) is 3.88. The lowest BCUT2D eigenvalue weighted by atomic mass is 10.1. The molecule has 1 N–H and O–H groups in total. The molecule has 0 aromatic rings. The molecule has 0 saturated heterocycles. The van der Waals surface area contributed by atoms with Gasteiger partial charge in [-0.2, -0.15) is 0 Å². The third-order valence-corrected chi connectivity index (χ3v) is 1.16. The Hall–Kier alpha value is -1.42. The molecule has 0 aliphatic heterocycles. The normalized spacial score (nSPS) is 16.6. The third-order valence-electron chi connectivity index (χ3n) is 1.16. The first-order chi connectivity index (χ1) is 5.25. The molecule has 1 aliphatic carbocycles. The summed E-state index contributed by atoms with van der Waals surface area (Å²) in [7, 11) is 0. The number of carbonyl (C=O) groups is 2. The first kappa shape index (κ1) is 7.68. The summed E-state index contributed by atoms with van der Waals surface area (Å²) in [6.45, 7) is -0.599. The number of Topliss-reactive ketones (excluding diaryl/α,β-unsaturated/α-hetero) is 1. The van der Waals surface area contributed by atoms with Gasteiger partial charge in [0.15, 0.2) is 12.6 Å². The van der Waals surface area contributed by atoms with Crippen LogP contribution in [0.5, 0.6) is 0 Å². The van der Waals surface area contributed by atoms with E-state index >= 15 is 0 Å². The van der Waals surface area contributed by atoms with E-state index in [4.69, 9.17) is 5.11 Å². The molecule has 0 aromatic heterocycles. The van der Waals surface area contributed by atoms with Crippen molar-refractivity contribution in [2.24, 2.45) is 0 Å². The number of rotatable bonds is 2. The maximum atomic E-state index is 10.8. The van der Waals surface area contributed by atoms with Gasteiger partial charge in [-0.05, 0) is 12.2 Å². The van der Waals surface area contributed by atoms with Crippen LogP contribution in [0.2, 0.25) is 0 Å². The van der Waals surface area contributed by atoms with E-state index in [1.54, 1.807) is 0 Å². The van der Waals surface area contributed by atoms with Gasteiger partial charge in [0.1, 0.15) is 0 Å². The zero-order chi connectivity index (χ0) is 8.27. The topological polar surface area (TPSA) is 63.6 Å². The van der Waals surface area contributed by atoms with E-state index in [0.717, 1.165) is 6.08 Å². The summed E-state index contributed by atoms with van der Waals surface area (Å²) in [5.41, 5.74) is 0. The van der Waals surface area contributed by atoms with Gasteiger partial charge < -0.3 is 9.84 Å². The minimum atomic E-state index is -0.721. The highest BCUT2D eigenvalue weighted by Gasteiger charge is 2.19. The first-order valence-corrected chi connectivity index (χ1v) is 2.96. The van der Waals surface area contributed by atoms with Crippen molar-refractivity contribution in [3.8, 4) is 0 Å². The molecule has 0 aromatic carbocycles. The molecule has 58 valence electrons. The van der Waals surface area contributed by atoms with Crippen LogP contribution in [0.15, 0.2) is 24.0 Å². The van der Waals surface area contributed by atoms with Crippen LogP contribution in [0, 0.1) is 0 Å². The molecular weight excluding hydrogens is 148 g/mol. The summed E-state index contributed by atoms with van der Waals surface area (Å²) < 4.78 is 4.46. The largest absolute Gasteiger partial charge is 0.463 e. The smallest absolute Gasteiger partial charge is 0.267 e. The highest BCUT2D eigenvalue weighted by molar-refractivity contribution is 6.47. The van der Waals surface area contributed by atoms with E-state index in [9.17, 15) is 9.59 Å². The number of allylic oxidation sites excluding steroid dienone is 4. The highest BCUT2D eigenvalue weighted by atomic mass is 16.6. The number of aliphatic hydroxyl groups is 1. The van der Waals surface area contributed by atoms with E-state index < -0.39 is 18.4 Å². The number of carbonyl (C=O) groups excluding carboxylic acids is 2. The maximum Gasteiger partial charge on any atom is 0.267 e. The average Bonchev–Trinajstić information content (AvgIpc) is 1.99. The van der Waals surface area contributed by atoms with Gasteiger partial charge in [-0.15, -0.1) is 0 Å². The van der Waals surface area contributed by atoms with Crippen molar-refractivity contribution >= 4 is 11.6 Å². The fraction of sp³-hybridized carbons (Fsp3) is 0.143. The molecule has 1 aliphatic rings. The Kier molecular flexibility index (Phi) is 2.18. The van der Waals surface area contributed by atoms with Gasteiger partial charge in [0, 0.05) is 0 Å². The van der Waals surface area contributed by atoms with E-state index in [1.165, 1.54) is 12.2 Å².